The Labute approximate surface area is 110 Å². The molecule has 18 heavy (non-hydrogen) atoms. The quantitative estimate of drug-likeness (QED) is 0.724. The van der Waals surface area contributed by atoms with Gasteiger partial charge in [0, 0.05) is 19.7 Å². The zero-order valence-corrected chi connectivity index (χ0v) is 11.9. The van der Waals surface area contributed by atoms with E-state index >= 15 is 0 Å². The van der Waals surface area contributed by atoms with Crippen molar-refractivity contribution >= 4 is 5.97 Å². The van der Waals surface area contributed by atoms with Crippen LogP contribution in [0.4, 0.5) is 0 Å². The van der Waals surface area contributed by atoms with Gasteiger partial charge in [0.05, 0.1) is 6.61 Å². The first-order valence-corrected chi connectivity index (χ1v) is 7.11. The molecule has 0 aromatic rings. The third kappa shape index (κ3) is 3.69. The van der Waals surface area contributed by atoms with E-state index in [0.717, 1.165) is 25.9 Å². The van der Waals surface area contributed by atoms with Crippen LogP contribution in [0, 0.1) is 11.3 Å². The fourth-order valence-corrected chi connectivity index (χ4v) is 2.61. The molecule has 0 amide bonds. The van der Waals surface area contributed by atoms with Crippen molar-refractivity contribution < 1.29 is 14.6 Å². The van der Waals surface area contributed by atoms with Gasteiger partial charge >= 0.3 is 5.97 Å². The molecule has 0 aromatic carbocycles. The summed E-state index contributed by atoms with van der Waals surface area (Å²) in [5.74, 6) is -0.0406. The van der Waals surface area contributed by atoms with Crippen molar-refractivity contribution in [2.45, 2.75) is 40.0 Å². The van der Waals surface area contributed by atoms with Gasteiger partial charge in [0.1, 0.15) is 5.41 Å². The number of aliphatic carboxylic acids is 1. The van der Waals surface area contributed by atoms with Gasteiger partial charge in [0.2, 0.25) is 0 Å². The maximum absolute atomic E-state index is 11.5. The van der Waals surface area contributed by atoms with E-state index in [-0.39, 0.29) is 0 Å². The van der Waals surface area contributed by atoms with Gasteiger partial charge < -0.3 is 14.7 Å². The third-order valence-electron chi connectivity index (χ3n) is 4.20. The minimum absolute atomic E-state index is 0.363. The van der Waals surface area contributed by atoms with E-state index in [1.54, 1.807) is 0 Å². The summed E-state index contributed by atoms with van der Waals surface area (Å²) in [6.07, 6.45) is 2.95. The number of rotatable bonds is 8. The SMILES string of the molecule is CCC(CC)CN(CC)CC1(C(=O)O)CCOC1. The topological polar surface area (TPSA) is 49.8 Å². The molecule has 1 aliphatic heterocycles. The summed E-state index contributed by atoms with van der Waals surface area (Å²) in [5.41, 5.74) is -0.679. The highest BCUT2D eigenvalue weighted by Gasteiger charge is 2.43. The van der Waals surface area contributed by atoms with Crippen LogP contribution in [0.25, 0.3) is 0 Å². The molecule has 1 unspecified atom stereocenters. The van der Waals surface area contributed by atoms with Gasteiger partial charge in [0.15, 0.2) is 0 Å². The molecule has 4 heteroatoms. The molecule has 0 spiro atoms. The molecule has 1 saturated heterocycles. The number of hydrogen-bond acceptors (Lipinski definition) is 3. The summed E-state index contributed by atoms with van der Waals surface area (Å²) in [7, 11) is 0. The molecule has 0 bridgehead atoms. The number of nitrogens with zero attached hydrogens (tertiary/aromatic N) is 1. The van der Waals surface area contributed by atoms with Crippen LogP contribution >= 0.6 is 0 Å². The highest BCUT2D eigenvalue weighted by Crippen LogP contribution is 2.30. The lowest BCUT2D eigenvalue weighted by Crippen LogP contribution is -2.45. The van der Waals surface area contributed by atoms with Crippen molar-refractivity contribution in [2.75, 3.05) is 32.8 Å². The first kappa shape index (κ1) is 15.4. The standard InChI is InChI=1S/C14H27NO3/c1-4-12(5-2)9-15(6-3)10-14(13(16)17)7-8-18-11-14/h12H,4-11H2,1-3H3,(H,16,17). The number of carbonyl (C=O) groups is 1. The lowest BCUT2D eigenvalue weighted by Gasteiger charge is -2.32. The molecule has 1 aliphatic rings. The molecular formula is C14H27NO3. The van der Waals surface area contributed by atoms with Crippen molar-refractivity contribution in [1.29, 1.82) is 0 Å². The lowest BCUT2D eigenvalue weighted by atomic mass is 9.86. The molecule has 0 saturated carbocycles. The zero-order valence-electron chi connectivity index (χ0n) is 11.9. The maximum Gasteiger partial charge on any atom is 0.313 e. The van der Waals surface area contributed by atoms with Crippen LogP contribution in [0.2, 0.25) is 0 Å². The third-order valence-corrected chi connectivity index (χ3v) is 4.20. The molecule has 0 aromatic heterocycles. The normalized spacial score (nSPS) is 24.1. The minimum atomic E-state index is -0.706. The number of hydrogen-bond donors (Lipinski definition) is 1. The Morgan fingerprint density at radius 2 is 2.06 bits per heavy atom. The van der Waals surface area contributed by atoms with Crippen LogP contribution in [0.5, 0.6) is 0 Å². The molecule has 1 N–H and O–H groups in total. The second-order valence-corrected chi connectivity index (χ2v) is 5.40. The number of carboxylic acids is 1. The van der Waals surface area contributed by atoms with E-state index in [0.29, 0.717) is 32.1 Å². The Morgan fingerprint density at radius 1 is 1.39 bits per heavy atom. The molecule has 1 rings (SSSR count). The maximum atomic E-state index is 11.5. The second kappa shape index (κ2) is 7.10. The van der Waals surface area contributed by atoms with Crippen LogP contribution in [-0.4, -0.2) is 48.8 Å². The van der Waals surface area contributed by atoms with E-state index in [9.17, 15) is 9.90 Å². The van der Waals surface area contributed by atoms with E-state index in [2.05, 4.69) is 25.7 Å². The molecule has 1 heterocycles. The predicted molar refractivity (Wildman–Crippen MR) is 71.7 cm³/mol. The fourth-order valence-electron chi connectivity index (χ4n) is 2.61. The first-order chi connectivity index (χ1) is 8.57. The summed E-state index contributed by atoms with van der Waals surface area (Å²) in [6.45, 7) is 9.98. The molecule has 0 radical (unpaired) electrons. The summed E-state index contributed by atoms with van der Waals surface area (Å²) < 4.78 is 5.32. The van der Waals surface area contributed by atoms with Crippen molar-refractivity contribution in [2.24, 2.45) is 11.3 Å². The average molecular weight is 257 g/mol. The zero-order chi connectivity index (χ0) is 13.6. The predicted octanol–water partition coefficient (Wildman–Crippen LogP) is 2.24. The van der Waals surface area contributed by atoms with Gasteiger partial charge in [0.25, 0.3) is 0 Å². The Balaban J connectivity index is 2.62. The number of carboxylic acid groups (broad SMARTS) is 1. The summed E-state index contributed by atoms with van der Waals surface area (Å²) in [6, 6.07) is 0. The van der Waals surface area contributed by atoms with Gasteiger partial charge in [-0.25, -0.2) is 0 Å². The van der Waals surface area contributed by atoms with Crippen molar-refractivity contribution in [3.05, 3.63) is 0 Å². The minimum Gasteiger partial charge on any atom is -0.481 e. The Kier molecular flexibility index (Phi) is 6.09. The van der Waals surface area contributed by atoms with E-state index in [4.69, 9.17) is 4.74 Å². The van der Waals surface area contributed by atoms with Gasteiger partial charge in [-0.05, 0) is 18.9 Å². The second-order valence-electron chi connectivity index (χ2n) is 5.40. The largest absolute Gasteiger partial charge is 0.481 e. The summed E-state index contributed by atoms with van der Waals surface area (Å²) in [5, 5.41) is 9.45. The summed E-state index contributed by atoms with van der Waals surface area (Å²) >= 11 is 0. The molecule has 106 valence electrons. The molecule has 4 nitrogen and oxygen atoms in total. The van der Waals surface area contributed by atoms with Crippen LogP contribution < -0.4 is 0 Å². The van der Waals surface area contributed by atoms with E-state index in [1.807, 2.05) is 0 Å². The van der Waals surface area contributed by atoms with Gasteiger partial charge in [-0.2, -0.15) is 0 Å². The average Bonchev–Trinajstić information content (AvgIpc) is 2.84. The summed E-state index contributed by atoms with van der Waals surface area (Å²) in [4.78, 5) is 13.8. The first-order valence-electron chi connectivity index (χ1n) is 7.11. The van der Waals surface area contributed by atoms with Crippen molar-refractivity contribution in [3.63, 3.8) is 0 Å². The highest BCUT2D eigenvalue weighted by atomic mass is 16.5. The highest BCUT2D eigenvalue weighted by molar-refractivity contribution is 5.75. The van der Waals surface area contributed by atoms with Crippen molar-refractivity contribution in [3.8, 4) is 0 Å². The van der Waals surface area contributed by atoms with Gasteiger partial charge in [-0.1, -0.05) is 33.6 Å². The van der Waals surface area contributed by atoms with Crippen LogP contribution in [0.3, 0.4) is 0 Å². The smallest absolute Gasteiger partial charge is 0.313 e. The van der Waals surface area contributed by atoms with Gasteiger partial charge in [-0.3, -0.25) is 4.79 Å². The molecule has 1 atom stereocenters. The van der Waals surface area contributed by atoms with E-state index in [1.165, 1.54) is 0 Å². The molecular weight excluding hydrogens is 230 g/mol. The van der Waals surface area contributed by atoms with Crippen molar-refractivity contribution in [1.82, 2.24) is 4.90 Å². The molecule has 1 fully saturated rings. The van der Waals surface area contributed by atoms with Crippen LogP contribution in [0.15, 0.2) is 0 Å². The Morgan fingerprint density at radius 3 is 2.44 bits per heavy atom. The van der Waals surface area contributed by atoms with Crippen LogP contribution in [-0.2, 0) is 9.53 Å². The number of ether oxygens (including phenoxy) is 1. The Hall–Kier alpha value is -0.610. The van der Waals surface area contributed by atoms with Crippen LogP contribution in [0.1, 0.15) is 40.0 Å². The lowest BCUT2D eigenvalue weighted by molar-refractivity contribution is -0.150. The Bertz CT molecular complexity index is 258. The monoisotopic (exact) mass is 257 g/mol. The molecule has 0 aliphatic carbocycles. The fraction of sp³-hybridized carbons (Fsp3) is 0.929. The van der Waals surface area contributed by atoms with E-state index < -0.39 is 11.4 Å². The van der Waals surface area contributed by atoms with Gasteiger partial charge in [-0.15, -0.1) is 0 Å².